The van der Waals surface area contributed by atoms with Crippen LogP contribution in [0.4, 0.5) is 5.95 Å². The second-order valence-electron chi connectivity index (χ2n) is 4.62. The second kappa shape index (κ2) is 4.35. The van der Waals surface area contributed by atoms with Crippen molar-refractivity contribution in [1.29, 1.82) is 0 Å². The Hall–Kier alpha value is -1.88. The maximum atomic E-state index is 6.05. The lowest BCUT2D eigenvalue weighted by molar-refractivity contribution is 1.07. The summed E-state index contributed by atoms with van der Waals surface area (Å²) in [6.45, 7) is 4.03. The van der Waals surface area contributed by atoms with Gasteiger partial charge in [-0.05, 0) is 59.1 Å². The monoisotopic (exact) mass is 316 g/mol. The van der Waals surface area contributed by atoms with Gasteiger partial charge in [-0.2, -0.15) is 0 Å². The van der Waals surface area contributed by atoms with Gasteiger partial charge in [0.05, 0.1) is 5.69 Å². The van der Waals surface area contributed by atoms with Crippen molar-refractivity contribution in [1.82, 2.24) is 14.5 Å². The van der Waals surface area contributed by atoms with E-state index >= 15 is 0 Å². The van der Waals surface area contributed by atoms with Gasteiger partial charge in [0.2, 0.25) is 5.95 Å². The van der Waals surface area contributed by atoms with E-state index in [9.17, 15) is 0 Å². The number of nitrogens with zero attached hydrogens (tertiary/aromatic N) is 3. The van der Waals surface area contributed by atoms with Gasteiger partial charge in [0.25, 0.3) is 0 Å². The highest BCUT2D eigenvalue weighted by Crippen LogP contribution is 2.28. The molecule has 3 rings (SSSR count). The first kappa shape index (κ1) is 12.2. The number of fused-ring (bicyclic) bond motifs is 1. The average Bonchev–Trinajstić information content (AvgIpc) is 2.67. The highest BCUT2D eigenvalue weighted by atomic mass is 79.9. The van der Waals surface area contributed by atoms with Crippen LogP contribution in [0.2, 0.25) is 0 Å². The van der Waals surface area contributed by atoms with Crippen molar-refractivity contribution in [3.63, 3.8) is 0 Å². The molecule has 0 bridgehead atoms. The van der Waals surface area contributed by atoms with E-state index in [0.717, 1.165) is 32.5 Å². The zero-order valence-electron chi connectivity index (χ0n) is 10.7. The molecule has 0 unspecified atom stereocenters. The summed E-state index contributed by atoms with van der Waals surface area (Å²) in [5, 5.41) is 0. The van der Waals surface area contributed by atoms with E-state index in [1.54, 1.807) is 0 Å². The maximum Gasteiger partial charge on any atom is 0.207 e. The van der Waals surface area contributed by atoms with Crippen LogP contribution in [0.15, 0.2) is 34.9 Å². The molecule has 19 heavy (non-hydrogen) atoms. The van der Waals surface area contributed by atoms with Crippen LogP contribution in [0.25, 0.3) is 16.9 Å². The zero-order chi connectivity index (χ0) is 13.6. The number of hydrogen-bond acceptors (Lipinski definition) is 3. The van der Waals surface area contributed by atoms with Crippen LogP contribution in [0.3, 0.4) is 0 Å². The third-order valence-corrected chi connectivity index (χ3v) is 3.67. The largest absolute Gasteiger partial charge is 0.369 e. The number of halogens is 1. The van der Waals surface area contributed by atoms with Crippen molar-refractivity contribution in [3.8, 4) is 5.69 Å². The third kappa shape index (κ3) is 2.00. The van der Waals surface area contributed by atoms with E-state index in [0.29, 0.717) is 5.95 Å². The smallest absolute Gasteiger partial charge is 0.207 e. The second-order valence-corrected chi connectivity index (χ2v) is 5.47. The van der Waals surface area contributed by atoms with Crippen LogP contribution in [0.1, 0.15) is 11.1 Å². The van der Waals surface area contributed by atoms with Gasteiger partial charge in [0.15, 0.2) is 5.65 Å². The molecule has 96 valence electrons. The van der Waals surface area contributed by atoms with E-state index < -0.39 is 0 Å². The van der Waals surface area contributed by atoms with Crippen molar-refractivity contribution < 1.29 is 0 Å². The molecule has 0 saturated heterocycles. The number of nitrogens with two attached hydrogens (primary N) is 1. The molecular formula is C14H13BrN4. The molecule has 0 aliphatic rings. The molecule has 2 aromatic heterocycles. The molecule has 0 aliphatic heterocycles. The Labute approximate surface area is 119 Å². The molecule has 4 nitrogen and oxygen atoms in total. The minimum Gasteiger partial charge on any atom is -0.369 e. The fourth-order valence-electron chi connectivity index (χ4n) is 2.11. The Bertz CT molecular complexity index is 776. The van der Waals surface area contributed by atoms with E-state index in [1.807, 2.05) is 42.8 Å². The van der Waals surface area contributed by atoms with Gasteiger partial charge in [-0.3, -0.25) is 4.57 Å². The van der Waals surface area contributed by atoms with E-state index in [-0.39, 0.29) is 0 Å². The summed E-state index contributed by atoms with van der Waals surface area (Å²) in [6.07, 6.45) is 1.82. The number of aromatic nitrogens is 3. The van der Waals surface area contributed by atoms with E-state index in [1.165, 1.54) is 0 Å². The van der Waals surface area contributed by atoms with Crippen LogP contribution in [-0.4, -0.2) is 14.5 Å². The first-order valence-electron chi connectivity index (χ1n) is 5.93. The lowest BCUT2D eigenvalue weighted by atomic mass is 10.2. The van der Waals surface area contributed by atoms with Crippen LogP contribution >= 0.6 is 15.9 Å². The number of benzene rings is 1. The summed E-state index contributed by atoms with van der Waals surface area (Å²) in [5.41, 5.74) is 10.8. The highest BCUT2D eigenvalue weighted by Gasteiger charge is 2.13. The summed E-state index contributed by atoms with van der Waals surface area (Å²) in [4.78, 5) is 8.83. The molecule has 2 N–H and O–H groups in total. The third-order valence-electron chi connectivity index (χ3n) is 3.00. The summed E-state index contributed by atoms with van der Waals surface area (Å²) in [7, 11) is 0. The van der Waals surface area contributed by atoms with Gasteiger partial charge in [-0.25, -0.2) is 9.97 Å². The van der Waals surface area contributed by atoms with Crippen molar-refractivity contribution in [2.45, 2.75) is 13.8 Å². The molecule has 3 aromatic rings. The Morgan fingerprint density at radius 3 is 2.74 bits per heavy atom. The Balaban J connectivity index is 2.36. The first-order chi connectivity index (χ1) is 9.06. The molecule has 0 fully saturated rings. The number of hydrogen-bond donors (Lipinski definition) is 1. The lowest BCUT2D eigenvalue weighted by Gasteiger charge is -2.09. The predicted octanol–water partition coefficient (Wildman–Crippen LogP) is 3.38. The summed E-state index contributed by atoms with van der Waals surface area (Å²) in [6, 6.07) is 8.09. The van der Waals surface area contributed by atoms with Gasteiger partial charge in [0, 0.05) is 10.7 Å². The molecule has 0 saturated carbocycles. The number of anilines is 1. The molecule has 0 atom stereocenters. The van der Waals surface area contributed by atoms with Gasteiger partial charge in [-0.15, -0.1) is 0 Å². The maximum absolute atomic E-state index is 6.05. The molecule has 0 spiro atoms. The molecule has 0 radical (unpaired) electrons. The average molecular weight is 317 g/mol. The fourth-order valence-corrected chi connectivity index (χ4v) is 2.54. The standard InChI is InChI=1S/C14H13BrN4/c1-8-3-4-10(15)12(6-8)19-13-11(18-14(19)16)5-9(2)7-17-13/h3-7H,1-2H3,(H2,16,18). The minimum atomic E-state index is 0.444. The number of pyridine rings is 1. The van der Waals surface area contributed by atoms with Gasteiger partial charge >= 0.3 is 0 Å². The van der Waals surface area contributed by atoms with E-state index in [2.05, 4.69) is 32.0 Å². The molecule has 5 heteroatoms. The summed E-state index contributed by atoms with van der Waals surface area (Å²) < 4.78 is 2.83. The first-order valence-corrected chi connectivity index (χ1v) is 6.72. The Morgan fingerprint density at radius 2 is 1.95 bits per heavy atom. The lowest BCUT2D eigenvalue weighted by Crippen LogP contribution is -2.02. The van der Waals surface area contributed by atoms with Crippen molar-refractivity contribution >= 4 is 33.0 Å². The van der Waals surface area contributed by atoms with Gasteiger partial charge in [-0.1, -0.05) is 6.07 Å². The Kier molecular flexibility index (Phi) is 2.78. The molecular weight excluding hydrogens is 304 g/mol. The van der Waals surface area contributed by atoms with Crippen LogP contribution < -0.4 is 5.73 Å². The molecule has 0 amide bonds. The molecule has 1 aromatic carbocycles. The minimum absolute atomic E-state index is 0.444. The number of rotatable bonds is 1. The van der Waals surface area contributed by atoms with Crippen LogP contribution in [0, 0.1) is 13.8 Å². The number of nitrogen functional groups attached to an aromatic ring is 1. The van der Waals surface area contributed by atoms with Crippen molar-refractivity contribution in [3.05, 3.63) is 46.1 Å². The summed E-state index contributed by atoms with van der Waals surface area (Å²) >= 11 is 3.55. The summed E-state index contributed by atoms with van der Waals surface area (Å²) in [5.74, 6) is 0.444. The number of imidazole rings is 1. The van der Waals surface area contributed by atoms with Gasteiger partial charge < -0.3 is 5.73 Å². The predicted molar refractivity (Wildman–Crippen MR) is 80.5 cm³/mol. The van der Waals surface area contributed by atoms with E-state index in [4.69, 9.17) is 5.73 Å². The quantitative estimate of drug-likeness (QED) is 0.748. The Morgan fingerprint density at radius 1 is 1.16 bits per heavy atom. The van der Waals surface area contributed by atoms with Crippen molar-refractivity contribution in [2.75, 3.05) is 5.73 Å². The molecule has 0 aliphatic carbocycles. The fraction of sp³-hybridized carbons (Fsp3) is 0.143. The van der Waals surface area contributed by atoms with Gasteiger partial charge in [0.1, 0.15) is 5.52 Å². The van der Waals surface area contributed by atoms with Crippen molar-refractivity contribution in [2.24, 2.45) is 0 Å². The number of aryl methyl sites for hydroxylation is 2. The zero-order valence-corrected chi connectivity index (χ0v) is 12.3. The SMILES string of the molecule is Cc1ccc(Br)c(-n2c(N)nc3cc(C)cnc32)c1. The highest BCUT2D eigenvalue weighted by molar-refractivity contribution is 9.10. The van der Waals surface area contributed by atoms with Crippen LogP contribution in [0.5, 0.6) is 0 Å². The molecule has 2 heterocycles. The topological polar surface area (TPSA) is 56.7 Å². The normalized spacial score (nSPS) is 11.1. The van der Waals surface area contributed by atoms with Crippen LogP contribution in [-0.2, 0) is 0 Å².